The van der Waals surface area contributed by atoms with Crippen LogP contribution in [0.1, 0.15) is 12.5 Å². The summed E-state index contributed by atoms with van der Waals surface area (Å²) in [7, 11) is 0. The van der Waals surface area contributed by atoms with Gasteiger partial charge in [-0.2, -0.15) is 0 Å². The molecular weight excluding hydrogens is 274 g/mol. The molecule has 1 atom stereocenters. The van der Waals surface area contributed by atoms with E-state index in [1.165, 1.54) is 12.1 Å². The lowest BCUT2D eigenvalue weighted by Crippen LogP contribution is -2.52. The van der Waals surface area contributed by atoms with E-state index in [-0.39, 0.29) is 36.3 Å². The Kier molecular flexibility index (Phi) is 5.69. The van der Waals surface area contributed by atoms with Crippen LogP contribution in [0.25, 0.3) is 0 Å². The minimum Gasteiger partial charge on any atom is -0.337 e. The van der Waals surface area contributed by atoms with Crippen LogP contribution >= 0.6 is 12.4 Å². The predicted octanol–water partition coefficient (Wildman–Crippen LogP) is 1.75. The molecule has 1 aromatic rings. The first kappa shape index (κ1) is 15.9. The number of amides is 1. The molecule has 2 rings (SSSR count). The van der Waals surface area contributed by atoms with Gasteiger partial charge in [0.05, 0.1) is 6.42 Å². The van der Waals surface area contributed by atoms with Crippen LogP contribution in [0.15, 0.2) is 18.2 Å². The highest BCUT2D eigenvalue weighted by atomic mass is 35.5. The molecule has 106 valence electrons. The van der Waals surface area contributed by atoms with Crippen molar-refractivity contribution in [3.63, 3.8) is 0 Å². The monoisotopic (exact) mass is 290 g/mol. The van der Waals surface area contributed by atoms with Gasteiger partial charge < -0.3 is 10.2 Å². The van der Waals surface area contributed by atoms with Gasteiger partial charge in [-0.1, -0.05) is 12.1 Å². The molecule has 1 aliphatic heterocycles. The van der Waals surface area contributed by atoms with Gasteiger partial charge in [-0.25, -0.2) is 8.78 Å². The fraction of sp³-hybridized carbons (Fsp3) is 0.462. The van der Waals surface area contributed by atoms with Crippen LogP contribution in [0.3, 0.4) is 0 Å². The third-order valence-corrected chi connectivity index (χ3v) is 3.19. The van der Waals surface area contributed by atoms with E-state index >= 15 is 0 Å². The molecule has 1 saturated heterocycles. The minimum absolute atomic E-state index is 0. The number of benzene rings is 1. The van der Waals surface area contributed by atoms with Crippen LogP contribution in [0.4, 0.5) is 8.78 Å². The van der Waals surface area contributed by atoms with Crippen molar-refractivity contribution in [2.75, 3.05) is 19.6 Å². The molecule has 0 saturated carbocycles. The standard InChI is InChI=1S/C13H16F2N2O.ClH/c1-9-8-16-5-6-17(9)12(18)7-10-3-2-4-11(14)13(10)15;/h2-4,9,16H,5-8H2,1H3;1H/t9-;/m0./s1. The molecule has 6 heteroatoms. The molecule has 1 aromatic carbocycles. The summed E-state index contributed by atoms with van der Waals surface area (Å²) in [6, 6.07) is 4.00. The number of nitrogens with zero attached hydrogens (tertiary/aromatic N) is 1. The molecule has 3 nitrogen and oxygen atoms in total. The van der Waals surface area contributed by atoms with Crippen molar-refractivity contribution in [3.05, 3.63) is 35.4 Å². The molecule has 0 radical (unpaired) electrons. The zero-order valence-electron chi connectivity index (χ0n) is 10.7. The maximum atomic E-state index is 13.5. The summed E-state index contributed by atoms with van der Waals surface area (Å²) in [4.78, 5) is 13.8. The van der Waals surface area contributed by atoms with Crippen molar-refractivity contribution in [2.45, 2.75) is 19.4 Å². The van der Waals surface area contributed by atoms with Gasteiger partial charge in [0.25, 0.3) is 0 Å². The second kappa shape index (κ2) is 6.82. The summed E-state index contributed by atoms with van der Waals surface area (Å²) in [6.45, 7) is 4.02. The number of hydrogen-bond donors (Lipinski definition) is 1. The maximum Gasteiger partial charge on any atom is 0.227 e. The number of rotatable bonds is 2. The topological polar surface area (TPSA) is 32.3 Å². The quantitative estimate of drug-likeness (QED) is 0.900. The first-order valence-electron chi connectivity index (χ1n) is 6.02. The molecule has 1 fully saturated rings. The normalized spacial score (nSPS) is 18.9. The highest BCUT2D eigenvalue weighted by Gasteiger charge is 2.24. The van der Waals surface area contributed by atoms with Crippen molar-refractivity contribution < 1.29 is 13.6 Å². The Morgan fingerprint density at radius 2 is 2.21 bits per heavy atom. The summed E-state index contributed by atoms with van der Waals surface area (Å²) in [5.74, 6) is -1.99. The number of hydrogen-bond acceptors (Lipinski definition) is 2. The predicted molar refractivity (Wildman–Crippen MR) is 71.4 cm³/mol. The summed E-state index contributed by atoms with van der Waals surface area (Å²) in [5, 5.41) is 3.18. The van der Waals surface area contributed by atoms with Gasteiger partial charge in [0, 0.05) is 31.2 Å². The highest BCUT2D eigenvalue weighted by molar-refractivity contribution is 5.85. The van der Waals surface area contributed by atoms with E-state index in [9.17, 15) is 13.6 Å². The summed E-state index contributed by atoms with van der Waals surface area (Å²) < 4.78 is 26.5. The number of carbonyl (C=O) groups excluding carboxylic acids is 1. The lowest BCUT2D eigenvalue weighted by molar-refractivity contribution is -0.133. The number of carbonyl (C=O) groups is 1. The molecule has 1 heterocycles. The van der Waals surface area contributed by atoms with E-state index < -0.39 is 11.6 Å². The summed E-state index contributed by atoms with van der Waals surface area (Å²) >= 11 is 0. The first-order valence-corrected chi connectivity index (χ1v) is 6.02. The zero-order valence-corrected chi connectivity index (χ0v) is 11.5. The van der Waals surface area contributed by atoms with Crippen LogP contribution in [0.2, 0.25) is 0 Å². The summed E-state index contributed by atoms with van der Waals surface area (Å²) in [5.41, 5.74) is 0.116. The van der Waals surface area contributed by atoms with Crippen molar-refractivity contribution in [3.8, 4) is 0 Å². The number of piperazine rings is 1. The van der Waals surface area contributed by atoms with E-state index in [2.05, 4.69) is 5.32 Å². The van der Waals surface area contributed by atoms with Crippen LogP contribution in [-0.2, 0) is 11.2 Å². The zero-order chi connectivity index (χ0) is 13.1. The average molecular weight is 291 g/mol. The van der Waals surface area contributed by atoms with Crippen molar-refractivity contribution in [1.82, 2.24) is 10.2 Å². The Labute approximate surface area is 117 Å². The van der Waals surface area contributed by atoms with Crippen LogP contribution < -0.4 is 5.32 Å². The van der Waals surface area contributed by atoms with E-state index in [4.69, 9.17) is 0 Å². The Balaban J connectivity index is 0.00000180. The molecule has 19 heavy (non-hydrogen) atoms. The van der Waals surface area contributed by atoms with Gasteiger partial charge in [0.15, 0.2) is 11.6 Å². The van der Waals surface area contributed by atoms with Crippen LogP contribution in [0, 0.1) is 11.6 Å². The molecule has 0 bridgehead atoms. The fourth-order valence-corrected chi connectivity index (χ4v) is 2.16. The number of halogens is 3. The molecule has 1 amide bonds. The molecule has 0 unspecified atom stereocenters. The van der Waals surface area contributed by atoms with Crippen molar-refractivity contribution >= 4 is 18.3 Å². The average Bonchev–Trinajstić information content (AvgIpc) is 2.35. The maximum absolute atomic E-state index is 13.5. The van der Waals surface area contributed by atoms with Gasteiger partial charge in [-0.3, -0.25) is 4.79 Å². The Morgan fingerprint density at radius 3 is 2.89 bits per heavy atom. The van der Waals surface area contributed by atoms with E-state index in [1.54, 1.807) is 4.90 Å². The van der Waals surface area contributed by atoms with E-state index in [0.29, 0.717) is 6.54 Å². The van der Waals surface area contributed by atoms with Crippen LogP contribution in [0.5, 0.6) is 0 Å². The lowest BCUT2D eigenvalue weighted by Gasteiger charge is -2.34. The molecule has 1 aliphatic rings. The number of nitrogens with one attached hydrogen (secondary N) is 1. The first-order chi connectivity index (χ1) is 8.59. The smallest absolute Gasteiger partial charge is 0.227 e. The molecule has 0 aromatic heterocycles. The van der Waals surface area contributed by atoms with Gasteiger partial charge in [0.1, 0.15) is 0 Å². The summed E-state index contributed by atoms with van der Waals surface area (Å²) in [6.07, 6.45) is -0.0894. The second-order valence-electron chi connectivity index (χ2n) is 4.53. The van der Waals surface area contributed by atoms with Gasteiger partial charge in [0.2, 0.25) is 5.91 Å². The molecular formula is C13H17ClF2N2O. The fourth-order valence-electron chi connectivity index (χ4n) is 2.16. The van der Waals surface area contributed by atoms with Gasteiger partial charge >= 0.3 is 0 Å². The van der Waals surface area contributed by atoms with Gasteiger partial charge in [-0.15, -0.1) is 12.4 Å². The molecule has 0 aliphatic carbocycles. The minimum atomic E-state index is -0.923. The third-order valence-electron chi connectivity index (χ3n) is 3.19. The van der Waals surface area contributed by atoms with E-state index in [0.717, 1.165) is 19.2 Å². The SMILES string of the molecule is C[C@H]1CNCCN1C(=O)Cc1cccc(F)c1F.Cl. The Morgan fingerprint density at radius 1 is 1.47 bits per heavy atom. The largest absolute Gasteiger partial charge is 0.337 e. The second-order valence-corrected chi connectivity index (χ2v) is 4.53. The van der Waals surface area contributed by atoms with Crippen LogP contribution in [-0.4, -0.2) is 36.5 Å². The highest BCUT2D eigenvalue weighted by Crippen LogP contribution is 2.14. The van der Waals surface area contributed by atoms with Crippen molar-refractivity contribution in [2.24, 2.45) is 0 Å². The third kappa shape index (κ3) is 3.64. The lowest BCUT2D eigenvalue weighted by atomic mass is 10.1. The Bertz CT molecular complexity index is 456. The van der Waals surface area contributed by atoms with E-state index in [1.807, 2.05) is 6.92 Å². The van der Waals surface area contributed by atoms with Gasteiger partial charge in [-0.05, 0) is 13.0 Å². The molecule has 1 N–H and O–H groups in total. The van der Waals surface area contributed by atoms with Crippen molar-refractivity contribution in [1.29, 1.82) is 0 Å². The Hall–Kier alpha value is -1.20. The molecule has 0 spiro atoms.